The lowest BCUT2D eigenvalue weighted by molar-refractivity contribution is -0.123. The second kappa shape index (κ2) is 9.42. The van der Waals surface area contributed by atoms with Crippen molar-refractivity contribution in [2.45, 2.75) is 66.0 Å². The molecular weight excluding hydrogens is 264 g/mol. The molecule has 1 heterocycles. The second-order valence-corrected chi connectivity index (χ2v) is 7.16. The first-order chi connectivity index (χ1) is 9.86. The maximum Gasteiger partial charge on any atom is 0.234 e. The Morgan fingerprint density at radius 1 is 1.19 bits per heavy atom. The van der Waals surface area contributed by atoms with Gasteiger partial charge in [0.2, 0.25) is 5.91 Å². The third kappa shape index (κ3) is 8.42. The van der Waals surface area contributed by atoms with Gasteiger partial charge < -0.3 is 10.1 Å². The summed E-state index contributed by atoms with van der Waals surface area (Å²) in [4.78, 5) is 14.0. The Labute approximate surface area is 130 Å². The van der Waals surface area contributed by atoms with Crippen LogP contribution >= 0.6 is 0 Å². The van der Waals surface area contributed by atoms with Crippen molar-refractivity contribution in [2.75, 3.05) is 26.2 Å². The van der Waals surface area contributed by atoms with E-state index < -0.39 is 0 Å². The Bertz CT molecular complexity index is 297. The molecule has 0 radical (unpaired) electrons. The van der Waals surface area contributed by atoms with Gasteiger partial charge in [-0.3, -0.25) is 9.69 Å². The lowest BCUT2D eigenvalue weighted by Gasteiger charge is -2.32. The van der Waals surface area contributed by atoms with Crippen LogP contribution in [0.4, 0.5) is 0 Å². The summed E-state index contributed by atoms with van der Waals surface area (Å²) in [6, 6.07) is 0.233. The van der Waals surface area contributed by atoms with Gasteiger partial charge in [0, 0.05) is 12.6 Å². The minimum absolute atomic E-state index is 0.155. The minimum atomic E-state index is 0.155. The maximum atomic E-state index is 11.8. The van der Waals surface area contributed by atoms with Crippen molar-refractivity contribution in [3.8, 4) is 0 Å². The van der Waals surface area contributed by atoms with Crippen LogP contribution in [0.15, 0.2) is 0 Å². The molecule has 1 rings (SSSR count). The number of hydrogen-bond donors (Lipinski definition) is 1. The molecule has 1 atom stereocenters. The highest BCUT2D eigenvalue weighted by molar-refractivity contribution is 5.78. The predicted octanol–water partition coefficient (Wildman–Crippen LogP) is 2.67. The van der Waals surface area contributed by atoms with Crippen LogP contribution in [0, 0.1) is 11.8 Å². The van der Waals surface area contributed by atoms with E-state index in [1.165, 1.54) is 19.3 Å². The van der Waals surface area contributed by atoms with Crippen molar-refractivity contribution in [3.63, 3.8) is 0 Å². The van der Waals surface area contributed by atoms with Gasteiger partial charge in [0.15, 0.2) is 0 Å². The number of carbonyl (C=O) groups excluding carboxylic acids is 1. The van der Waals surface area contributed by atoms with E-state index in [1.54, 1.807) is 0 Å². The summed E-state index contributed by atoms with van der Waals surface area (Å²) in [5, 5.41) is 2.96. The van der Waals surface area contributed by atoms with Gasteiger partial charge in [-0.1, -0.05) is 6.92 Å². The molecule has 1 amide bonds. The van der Waals surface area contributed by atoms with Crippen molar-refractivity contribution in [3.05, 3.63) is 0 Å². The van der Waals surface area contributed by atoms with Crippen LogP contribution in [0.3, 0.4) is 0 Å². The molecule has 1 aliphatic heterocycles. The third-order valence-corrected chi connectivity index (χ3v) is 3.97. The number of hydrogen-bond acceptors (Lipinski definition) is 3. The van der Waals surface area contributed by atoms with E-state index in [9.17, 15) is 4.79 Å². The van der Waals surface area contributed by atoms with Crippen LogP contribution in [-0.4, -0.2) is 49.2 Å². The maximum absolute atomic E-state index is 11.8. The van der Waals surface area contributed by atoms with Gasteiger partial charge in [-0.2, -0.15) is 0 Å². The van der Waals surface area contributed by atoms with Gasteiger partial charge in [0.25, 0.3) is 0 Å². The zero-order valence-corrected chi connectivity index (χ0v) is 14.5. The molecule has 0 unspecified atom stereocenters. The molecule has 4 heteroatoms. The normalized spacial score (nSPS) is 19.2. The Morgan fingerprint density at radius 3 is 2.33 bits per heavy atom. The molecule has 0 aromatic carbocycles. The van der Waals surface area contributed by atoms with E-state index in [0.717, 1.165) is 25.6 Å². The largest absolute Gasteiger partial charge is 0.379 e. The van der Waals surface area contributed by atoms with E-state index in [1.807, 2.05) is 13.8 Å². The highest BCUT2D eigenvalue weighted by Gasteiger charge is 2.22. The van der Waals surface area contributed by atoms with E-state index in [-0.39, 0.29) is 11.9 Å². The van der Waals surface area contributed by atoms with Crippen molar-refractivity contribution < 1.29 is 9.53 Å². The Morgan fingerprint density at radius 2 is 1.81 bits per heavy atom. The number of rotatable bonds is 8. The van der Waals surface area contributed by atoms with Crippen LogP contribution in [-0.2, 0) is 9.53 Å². The molecule has 1 fully saturated rings. The number of nitrogens with zero attached hydrogens (tertiary/aromatic N) is 1. The third-order valence-electron chi connectivity index (χ3n) is 3.97. The minimum Gasteiger partial charge on any atom is -0.379 e. The average molecular weight is 298 g/mol. The molecular formula is C17H34N2O2. The summed E-state index contributed by atoms with van der Waals surface area (Å²) in [7, 11) is 0. The zero-order chi connectivity index (χ0) is 15.8. The van der Waals surface area contributed by atoms with Gasteiger partial charge in [0.1, 0.15) is 0 Å². The first kappa shape index (κ1) is 18.4. The monoisotopic (exact) mass is 298 g/mol. The quantitative estimate of drug-likeness (QED) is 0.749. The predicted molar refractivity (Wildman–Crippen MR) is 87.3 cm³/mol. The molecule has 4 nitrogen and oxygen atoms in total. The summed E-state index contributed by atoms with van der Waals surface area (Å²) < 4.78 is 5.69. The number of piperidine rings is 1. The molecule has 1 aliphatic rings. The van der Waals surface area contributed by atoms with E-state index in [0.29, 0.717) is 18.6 Å². The van der Waals surface area contributed by atoms with Crippen LogP contribution in [0.2, 0.25) is 0 Å². The summed E-state index contributed by atoms with van der Waals surface area (Å²) in [5.74, 6) is 1.58. The summed E-state index contributed by atoms with van der Waals surface area (Å²) in [5.41, 5.74) is 0. The molecule has 124 valence electrons. The van der Waals surface area contributed by atoms with Crippen LogP contribution in [0.25, 0.3) is 0 Å². The first-order valence-electron chi connectivity index (χ1n) is 8.50. The van der Waals surface area contributed by atoms with Gasteiger partial charge in [-0.05, 0) is 71.9 Å². The Hall–Kier alpha value is -0.610. The second-order valence-electron chi connectivity index (χ2n) is 7.16. The summed E-state index contributed by atoms with van der Waals surface area (Å²) in [6.07, 6.45) is 3.99. The van der Waals surface area contributed by atoms with Crippen molar-refractivity contribution >= 4 is 5.91 Å². The average Bonchev–Trinajstić information content (AvgIpc) is 2.37. The molecule has 21 heavy (non-hydrogen) atoms. The van der Waals surface area contributed by atoms with Crippen molar-refractivity contribution in [1.82, 2.24) is 10.2 Å². The highest BCUT2D eigenvalue weighted by atomic mass is 16.5. The topological polar surface area (TPSA) is 41.6 Å². The van der Waals surface area contributed by atoms with Crippen molar-refractivity contribution in [2.24, 2.45) is 11.8 Å². The number of carbonyl (C=O) groups is 1. The Balaban J connectivity index is 2.18. The lowest BCUT2D eigenvalue weighted by Crippen LogP contribution is -2.43. The van der Waals surface area contributed by atoms with Gasteiger partial charge in [0.05, 0.1) is 12.6 Å². The number of ether oxygens (including phenoxy) is 1. The smallest absolute Gasteiger partial charge is 0.234 e. The standard InChI is InChI=1S/C17H34N2O2/c1-13(2)18-17(20)11-19-8-6-16(7-9-19)10-15(5)12-21-14(3)4/h13-16H,6-12H2,1-5H3,(H,18,20)/t15-/m0/s1. The van der Waals surface area contributed by atoms with E-state index in [4.69, 9.17) is 4.74 Å². The van der Waals surface area contributed by atoms with Gasteiger partial charge in [-0.25, -0.2) is 0 Å². The highest BCUT2D eigenvalue weighted by Crippen LogP contribution is 2.24. The number of amides is 1. The molecule has 0 aliphatic carbocycles. The van der Waals surface area contributed by atoms with E-state index in [2.05, 4.69) is 31.0 Å². The molecule has 0 saturated carbocycles. The molecule has 0 aromatic heterocycles. The van der Waals surface area contributed by atoms with Crippen LogP contribution in [0.5, 0.6) is 0 Å². The fraction of sp³-hybridized carbons (Fsp3) is 0.941. The first-order valence-corrected chi connectivity index (χ1v) is 8.50. The SMILES string of the molecule is CC(C)NC(=O)CN1CCC(C[C@H](C)COC(C)C)CC1. The molecule has 0 bridgehead atoms. The lowest BCUT2D eigenvalue weighted by atomic mass is 9.88. The summed E-state index contributed by atoms with van der Waals surface area (Å²) in [6.45, 7) is 14.0. The van der Waals surface area contributed by atoms with Crippen LogP contribution < -0.4 is 5.32 Å². The van der Waals surface area contributed by atoms with Gasteiger partial charge >= 0.3 is 0 Å². The number of likely N-dealkylation sites (tertiary alicyclic amines) is 1. The molecule has 0 aromatic rings. The Kier molecular flexibility index (Phi) is 8.27. The van der Waals surface area contributed by atoms with Gasteiger partial charge in [-0.15, -0.1) is 0 Å². The number of nitrogens with one attached hydrogen (secondary N) is 1. The summed E-state index contributed by atoms with van der Waals surface area (Å²) >= 11 is 0. The van der Waals surface area contributed by atoms with Crippen LogP contribution in [0.1, 0.15) is 53.9 Å². The van der Waals surface area contributed by atoms with Crippen molar-refractivity contribution in [1.29, 1.82) is 0 Å². The molecule has 0 spiro atoms. The molecule has 1 N–H and O–H groups in total. The molecule has 1 saturated heterocycles. The zero-order valence-electron chi connectivity index (χ0n) is 14.5. The fourth-order valence-corrected chi connectivity index (χ4v) is 2.94. The fourth-order valence-electron chi connectivity index (χ4n) is 2.94. The van der Waals surface area contributed by atoms with E-state index >= 15 is 0 Å².